The minimum Gasteiger partial charge on any atom is -0.309 e. The number of rotatable bonds is 7. The van der Waals surface area contributed by atoms with Crippen molar-refractivity contribution in [1.82, 2.24) is 19.1 Å². The highest BCUT2D eigenvalue weighted by molar-refractivity contribution is 6.13. The molecule has 0 saturated heterocycles. The van der Waals surface area contributed by atoms with Crippen LogP contribution >= 0.6 is 0 Å². The average Bonchev–Trinajstić information content (AvgIpc) is 3.92. The van der Waals surface area contributed by atoms with Crippen molar-refractivity contribution in [3.63, 3.8) is 0 Å². The first-order valence-electron chi connectivity index (χ1n) is 22.5. The minimum atomic E-state index is -4.86. The number of halogens is 3. The van der Waals surface area contributed by atoms with E-state index in [0.29, 0.717) is 33.4 Å². The Labute approximate surface area is 399 Å². The molecule has 6 nitrogen and oxygen atoms in total. The summed E-state index contributed by atoms with van der Waals surface area (Å²) in [6.07, 6.45) is -1.22. The number of nitrogens with zero attached hydrogens (tertiary/aromatic N) is 6. The van der Waals surface area contributed by atoms with Gasteiger partial charge in [0.25, 0.3) is 0 Å². The molecule has 8 aromatic carbocycles. The van der Waals surface area contributed by atoms with Crippen LogP contribution in [0.2, 0.25) is 0 Å². The van der Waals surface area contributed by atoms with E-state index >= 15 is 13.2 Å². The molecular weight excluding hydrogens is 874 g/mol. The molecular formula is C61H35F3N6. The summed E-state index contributed by atoms with van der Waals surface area (Å²) in [6, 6.07) is 64.8. The van der Waals surface area contributed by atoms with Gasteiger partial charge in [-0.05, 0) is 59.7 Å². The molecule has 0 N–H and O–H groups in total. The van der Waals surface area contributed by atoms with Gasteiger partial charge in [0.15, 0.2) is 5.69 Å². The molecule has 0 amide bonds. The van der Waals surface area contributed by atoms with E-state index in [0.717, 1.165) is 72.4 Å². The van der Waals surface area contributed by atoms with Crippen LogP contribution in [0.1, 0.15) is 11.1 Å². The third-order valence-corrected chi connectivity index (χ3v) is 13.1. The molecule has 0 aliphatic heterocycles. The summed E-state index contributed by atoms with van der Waals surface area (Å²) < 4.78 is 51.1. The van der Waals surface area contributed by atoms with Crippen molar-refractivity contribution < 1.29 is 13.2 Å². The van der Waals surface area contributed by atoms with Crippen molar-refractivity contribution in [3.8, 4) is 73.3 Å². The summed E-state index contributed by atoms with van der Waals surface area (Å²) in [6.45, 7) is 8.39. The van der Waals surface area contributed by atoms with Crippen molar-refractivity contribution in [2.75, 3.05) is 0 Å². The number of hydrogen-bond donors (Lipinski definition) is 0. The number of fused-ring (bicyclic) bond motifs is 6. The molecule has 9 heteroatoms. The van der Waals surface area contributed by atoms with Crippen molar-refractivity contribution in [2.45, 2.75) is 6.18 Å². The second-order valence-electron chi connectivity index (χ2n) is 17.1. The van der Waals surface area contributed by atoms with Crippen molar-refractivity contribution in [2.24, 2.45) is 0 Å². The lowest BCUT2D eigenvalue weighted by Gasteiger charge is -2.24. The van der Waals surface area contributed by atoms with Crippen LogP contribution in [-0.2, 0) is 6.18 Å². The number of hydrogen-bond acceptors (Lipinski definition) is 3. The molecule has 0 saturated carbocycles. The van der Waals surface area contributed by atoms with E-state index in [2.05, 4.69) is 10.9 Å². The van der Waals surface area contributed by atoms with Gasteiger partial charge in [-0.25, -0.2) is 4.85 Å². The van der Waals surface area contributed by atoms with Gasteiger partial charge in [0, 0.05) is 67.3 Å². The van der Waals surface area contributed by atoms with E-state index in [9.17, 15) is 5.26 Å². The second kappa shape index (κ2) is 16.6. The zero-order chi connectivity index (χ0) is 47.5. The first-order valence-corrected chi connectivity index (χ1v) is 22.5. The van der Waals surface area contributed by atoms with Gasteiger partial charge in [-0.3, -0.25) is 9.97 Å². The van der Waals surface area contributed by atoms with Gasteiger partial charge in [0.05, 0.1) is 68.6 Å². The number of alkyl halides is 3. The number of para-hydroxylation sites is 2. The Balaban J connectivity index is 1.17. The van der Waals surface area contributed by atoms with Gasteiger partial charge < -0.3 is 9.13 Å². The Morgan fingerprint density at radius 3 is 1.34 bits per heavy atom. The highest BCUT2D eigenvalue weighted by Crippen LogP contribution is 2.50. The molecule has 0 bridgehead atoms. The van der Waals surface area contributed by atoms with E-state index < -0.39 is 11.7 Å². The molecule has 0 radical (unpaired) electrons. The quantitative estimate of drug-likeness (QED) is 0.150. The van der Waals surface area contributed by atoms with E-state index in [1.54, 1.807) is 12.1 Å². The Morgan fingerprint density at radius 2 is 0.900 bits per heavy atom. The molecule has 0 atom stereocenters. The molecule has 0 fully saturated rings. The van der Waals surface area contributed by atoms with Crippen LogP contribution in [0.4, 0.5) is 18.9 Å². The Morgan fingerprint density at radius 1 is 0.443 bits per heavy atom. The molecule has 0 unspecified atom stereocenters. The lowest BCUT2D eigenvalue weighted by Crippen LogP contribution is -2.11. The minimum absolute atomic E-state index is 0.141. The third-order valence-electron chi connectivity index (χ3n) is 13.1. The maximum atomic E-state index is 15.7. The van der Waals surface area contributed by atoms with Crippen LogP contribution in [0.3, 0.4) is 0 Å². The number of benzene rings is 8. The summed E-state index contributed by atoms with van der Waals surface area (Å²) in [5, 5.41) is 14.4. The molecule has 0 aliphatic carbocycles. The summed E-state index contributed by atoms with van der Waals surface area (Å²) in [4.78, 5) is 13.4. The third kappa shape index (κ3) is 6.96. The zero-order valence-electron chi connectivity index (χ0n) is 37.0. The van der Waals surface area contributed by atoms with Crippen LogP contribution in [0.15, 0.2) is 213 Å². The Bertz CT molecular complexity index is 3880. The monoisotopic (exact) mass is 908 g/mol. The van der Waals surface area contributed by atoms with Crippen LogP contribution in [0, 0.1) is 17.9 Å². The maximum absolute atomic E-state index is 15.7. The molecule has 70 heavy (non-hydrogen) atoms. The number of pyridine rings is 2. The number of aromatic nitrogens is 4. The van der Waals surface area contributed by atoms with Gasteiger partial charge in [0.1, 0.15) is 0 Å². The summed E-state index contributed by atoms with van der Waals surface area (Å²) in [5.74, 6) is 0. The first kappa shape index (κ1) is 41.8. The fraction of sp³-hybridized carbons (Fsp3) is 0.0164. The number of nitriles is 1. The predicted octanol–water partition coefficient (Wildman–Crippen LogP) is 16.4. The summed E-state index contributed by atoms with van der Waals surface area (Å²) in [7, 11) is 0. The molecule has 0 spiro atoms. The Kier molecular flexibility index (Phi) is 9.94. The van der Waals surface area contributed by atoms with Gasteiger partial charge in [-0.1, -0.05) is 152 Å². The van der Waals surface area contributed by atoms with Crippen LogP contribution in [0.25, 0.3) is 116 Å². The topological polar surface area (TPSA) is 63.8 Å². The lowest BCUT2D eigenvalue weighted by atomic mass is 9.92. The Hall–Kier alpha value is -9.57. The van der Waals surface area contributed by atoms with Gasteiger partial charge in [0.2, 0.25) is 0 Å². The molecule has 12 aromatic rings. The van der Waals surface area contributed by atoms with Gasteiger partial charge >= 0.3 is 6.18 Å². The SMILES string of the molecule is [C-]#[N+]c1cccc(C(F)(F)F)c1-c1c(-n2c3ccccc3c3ccc(-c4ccc(-c5ccccc5)nc4)cc32)cc(C#N)cc1-n1c2ccccc2c2ccc(-c3ccc(-c4ccccc4)nc3)cc21. The standard InChI is InChI=1S/C61H35F3N6/c1-66-52-20-12-19-49(61(62,63)64)59(52)60-57(69-53-21-10-8-17-45(53)47-27-23-41(33-55(47)69)43-25-29-50(67-36-43)39-13-4-2-5-14-39)31-38(35-65)32-58(60)70-54-22-11-9-18-46(54)48-28-24-42(34-56(48)70)44-26-30-51(68-37-44)40-15-6-3-7-16-40/h2-34,36-37H. The summed E-state index contributed by atoms with van der Waals surface area (Å²) >= 11 is 0. The smallest absolute Gasteiger partial charge is 0.309 e. The first-order chi connectivity index (χ1) is 34.3. The van der Waals surface area contributed by atoms with Gasteiger partial charge in [-0.15, -0.1) is 0 Å². The van der Waals surface area contributed by atoms with E-state index in [1.807, 2.05) is 191 Å². The lowest BCUT2D eigenvalue weighted by molar-refractivity contribution is -0.137. The molecule has 12 rings (SSSR count). The molecule has 4 heterocycles. The van der Waals surface area contributed by atoms with E-state index in [-0.39, 0.29) is 22.4 Å². The van der Waals surface area contributed by atoms with Crippen molar-refractivity contribution >= 4 is 49.3 Å². The predicted molar refractivity (Wildman–Crippen MR) is 274 cm³/mol. The van der Waals surface area contributed by atoms with E-state index in [1.165, 1.54) is 12.1 Å². The fourth-order valence-corrected chi connectivity index (χ4v) is 9.93. The average molecular weight is 909 g/mol. The fourth-order valence-electron chi connectivity index (χ4n) is 9.93. The largest absolute Gasteiger partial charge is 0.415 e. The second-order valence-corrected chi connectivity index (χ2v) is 17.1. The molecule has 4 aromatic heterocycles. The highest BCUT2D eigenvalue weighted by Gasteiger charge is 2.37. The normalized spacial score (nSPS) is 11.6. The maximum Gasteiger partial charge on any atom is 0.415 e. The van der Waals surface area contributed by atoms with Crippen LogP contribution in [-0.4, -0.2) is 19.1 Å². The van der Waals surface area contributed by atoms with E-state index in [4.69, 9.17) is 16.5 Å². The van der Waals surface area contributed by atoms with Crippen LogP contribution < -0.4 is 0 Å². The summed E-state index contributed by atoms with van der Waals surface area (Å²) in [5.41, 5.74) is 9.29. The highest BCUT2D eigenvalue weighted by atomic mass is 19.4. The van der Waals surface area contributed by atoms with Crippen molar-refractivity contribution in [1.29, 1.82) is 5.26 Å². The molecule has 0 aliphatic rings. The van der Waals surface area contributed by atoms with Crippen molar-refractivity contribution in [3.05, 3.63) is 235 Å². The van der Waals surface area contributed by atoms with Crippen LogP contribution in [0.5, 0.6) is 0 Å². The van der Waals surface area contributed by atoms with Gasteiger partial charge in [-0.2, -0.15) is 18.4 Å². The zero-order valence-corrected chi connectivity index (χ0v) is 37.0. The molecule has 330 valence electrons.